The fourth-order valence-electron chi connectivity index (χ4n) is 2.16. The second kappa shape index (κ2) is 4.71. The van der Waals surface area contributed by atoms with Crippen molar-refractivity contribution in [3.8, 4) is 0 Å². The van der Waals surface area contributed by atoms with Gasteiger partial charge in [-0.3, -0.25) is 0 Å². The molecule has 0 aliphatic carbocycles. The van der Waals surface area contributed by atoms with Crippen LogP contribution in [0.5, 0.6) is 0 Å². The van der Waals surface area contributed by atoms with Gasteiger partial charge in [0.1, 0.15) is 0 Å². The average Bonchev–Trinajstić information content (AvgIpc) is 2.94. The van der Waals surface area contributed by atoms with Crippen molar-refractivity contribution in [1.29, 1.82) is 0 Å². The van der Waals surface area contributed by atoms with Gasteiger partial charge in [-0.15, -0.1) is 11.3 Å². The van der Waals surface area contributed by atoms with E-state index in [0.717, 1.165) is 23.3 Å². The Kier molecular flexibility index (Phi) is 3.06. The first-order valence-corrected chi connectivity index (χ1v) is 7.24. The Hall–Kier alpha value is -1.39. The molecule has 1 N–H and O–H groups in total. The summed E-state index contributed by atoms with van der Waals surface area (Å²) < 4.78 is 3.00. The Bertz CT molecular complexity index is 720. The normalized spacial score (nSPS) is 11.2. The number of fused-ring (bicyclic) bond motifs is 1. The minimum absolute atomic E-state index is 0.812. The first-order valence-electron chi connectivity index (χ1n) is 5.95. The van der Waals surface area contributed by atoms with Gasteiger partial charge in [0, 0.05) is 11.4 Å². The molecule has 0 saturated carbocycles. The maximum Gasteiger partial charge on any atom is 0.178 e. The Balaban J connectivity index is 1.98. The number of aromatic nitrogens is 2. The van der Waals surface area contributed by atoms with Crippen LogP contribution in [0.1, 0.15) is 10.4 Å². The first-order chi connectivity index (χ1) is 8.74. The molecule has 0 saturated heterocycles. The molecule has 0 atom stereocenters. The molecule has 2 heterocycles. The summed E-state index contributed by atoms with van der Waals surface area (Å²) in [4.78, 5) is 4.67. The Morgan fingerprint density at radius 2 is 2.22 bits per heavy atom. The Morgan fingerprint density at radius 1 is 1.33 bits per heavy atom. The Labute approximate surface area is 115 Å². The number of H-pyrrole nitrogens is 1. The molecular weight excluding hydrogens is 260 g/mol. The van der Waals surface area contributed by atoms with Gasteiger partial charge in [0.05, 0.1) is 11.0 Å². The first kappa shape index (κ1) is 11.7. The number of hydrogen-bond donors (Lipinski definition) is 1. The molecule has 2 aromatic heterocycles. The third-order valence-electron chi connectivity index (χ3n) is 3.09. The molecule has 4 heteroatoms. The molecule has 1 aromatic carbocycles. The predicted octanol–water partition coefficient (Wildman–Crippen LogP) is 4.31. The van der Waals surface area contributed by atoms with Crippen LogP contribution >= 0.6 is 23.6 Å². The number of hydrogen-bond acceptors (Lipinski definition) is 2. The molecule has 0 unspecified atom stereocenters. The number of nitrogens with zero attached hydrogens (tertiary/aromatic N) is 1. The molecule has 92 valence electrons. The molecule has 0 spiro atoms. The number of rotatable bonds is 3. The highest BCUT2D eigenvalue weighted by Gasteiger charge is 2.05. The molecule has 3 rings (SSSR count). The predicted molar refractivity (Wildman–Crippen MR) is 79.9 cm³/mol. The van der Waals surface area contributed by atoms with Crippen molar-refractivity contribution in [1.82, 2.24) is 9.55 Å². The van der Waals surface area contributed by atoms with Gasteiger partial charge in [0.2, 0.25) is 0 Å². The van der Waals surface area contributed by atoms with E-state index in [1.807, 2.05) is 0 Å². The molecule has 0 amide bonds. The van der Waals surface area contributed by atoms with Crippen LogP contribution in [0.2, 0.25) is 0 Å². The number of aromatic amines is 1. The second-order valence-corrected chi connectivity index (χ2v) is 5.85. The van der Waals surface area contributed by atoms with Gasteiger partial charge in [0.25, 0.3) is 0 Å². The van der Waals surface area contributed by atoms with Gasteiger partial charge in [-0.1, -0.05) is 12.1 Å². The molecule has 0 aliphatic heterocycles. The zero-order chi connectivity index (χ0) is 12.5. The lowest BCUT2D eigenvalue weighted by molar-refractivity contribution is 0.712. The van der Waals surface area contributed by atoms with Gasteiger partial charge in [-0.05, 0) is 54.7 Å². The summed E-state index contributed by atoms with van der Waals surface area (Å²) >= 11 is 7.20. The van der Waals surface area contributed by atoms with Crippen molar-refractivity contribution in [2.45, 2.75) is 19.9 Å². The van der Waals surface area contributed by atoms with E-state index in [2.05, 4.69) is 52.2 Å². The molecule has 0 radical (unpaired) electrons. The fraction of sp³-hybridized carbons (Fsp3) is 0.214. The lowest BCUT2D eigenvalue weighted by atomic mass is 10.2. The van der Waals surface area contributed by atoms with Crippen molar-refractivity contribution < 1.29 is 0 Å². The summed E-state index contributed by atoms with van der Waals surface area (Å²) in [6.45, 7) is 3.04. The van der Waals surface area contributed by atoms with E-state index in [9.17, 15) is 0 Å². The van der Waals surface area contributed by atoms with Crippen molar-refractivity contribution in [2.24, 2.45) is 0 Å². The molecular formula is C14H14N2S2. The minimum atomic E-state index is 0.812. The number of benzene rings is 1. The minimum Gasteiger partial charge on any atom is -0.331 e. The van der Waals surface area contributed by atoms with Crippen LogP contribution in [-0.2, 0) is 13.0 Å². The summed E-state index contributed by atoms with van der Waals surface area (Å²) in [5, 5.41) is 2.12. The summed E-state index contributed by atoms with van der Waals surface area (Å²) in [6.07, 6.45) is 1.03. The van der Waals surface area contributed by atoms with E-state index in [0.29, 0.717) is 0 Å². The van der Waals surface area contributed by atoms with Gasteiger partial charge in [-0.25, -0.2) is 0 Å². The van der Waals surface area contributed by atoms with Crippen LogP contribution in [0.15, 0.2) is 35.7 Å². The van der Waals surface area contributed by atoms with Crippen LogP contribution in [-0.4, -0.2) is 9.55 Å². The van der Waals surface area contributed by atoms with E-state index in [1.165, 1.54) is 16.0 Å². The van der Waals surface area contributed by atoms with Crippen molar-refractivity contribution in [2.75, 3.05) is 0 Å². The number of nitrogens with one attached hydrogen (secondary N) is 1. The third kappa shape index (κ3) is 2.13. The molecule has 0 fully saturated rings. The maximum atomic E-state index is 5.40. The van der Waals surface area contributed by atoms with Crippen LogP contribution in [0, 0.1) is 11.7 Å². The highest BCUT2D eigenvalue weighted by molar-refractivity contribution is 7.71. The summed E-state index contributed by atoms with van der Waals surface area (Å²) in [6, 6.07) is 10.7. The maximum absolute atomic E-state index is 5.40. The highest BCUT2D eigenvalue weighted by Crippen LogP contribution is 2.17. The van der Waals surface area contributed by atoms with E-state index in [4.69, 9.17) is 12.2 Å². The molecule has 0 aliphatic rings. The van der Waals surface area contributed by atoms with Crippen molar-refractivity contribution in [3.63, 3.8) is 0 Å². The lowest BCUT2D eigenvalue weighted by Crippen LogP contribution is -2.00. The number of aryl methyl sites for hydroxylation is 3. The third-order valence-corrected chi connectivity index (χ3v) is 4.35. The molecule has 0 bridgehead atoms. The molecule has 3 aromatic rings. The van der Waals surface area contributed by atoms with Crippen LogP contribution < -0.4 is 0 Å². The van der Waals surface area contributed by atoms with Crippen LogP contribution in [0.4, 0.5) is 0 Å². The summed E-state index contributed by atoms with van der Waals surface area (Å²) in [5.41, 5.74) is 3.59. The quantitative estimate of drug-likeness (QED) is 0.706. The lowest BCUT2D eigenvalue weighted by Gasteiger charge is -2.03. The molecule has 18 heavy (non-hydrogen) atoms. The van der Waals surface area contributed by atoms with Crippen LogP contribution in [0.25, 0.3) is 11.0 Å². The topological polar surface area (TPSA) is 20.7 Å². The second-order valence-electron chi connectivity index (χ2n) is 4.43. The van der Waals surface area contributed by atoms with E-state index in [1.54, 1.807) is 11.3 Å². The number of thiophene rings is 1. The van der Waals surface area contributed by atoms with E-state index in [-0.39, 0.29) is 0 Å². The van der Waals surface area contributed by atoms with Gasteiger partial charge in [-0.2, -0.15) is 0 Å². The highest BCUT2D eigenvalue weighted by atomic mass is 32.1. The van der Waals surface area contributed by atoms with Gasteiger partial charge in [0.15, 0.2) is 4.77 Å². The Morgan fingerprint density at radius 3 is 3.00 bits per heavy atom. The fourth-order valence-corrected chi connectivity index (χ4v) is 3.16. The summed E-state index contributed by atoms with van der Waals surface area (Å²) in [5.74, 6) is 0. The average molecular weight is 274 g/mol. The summed E-state index contributed by atoms with van der Waals surface area (Å²) in [7, 11) is 0. The largest absolute Gasteiger partial charge is 0.331 e. The zero-order valence-corrected chi connectivity index (χ0v) is 11.8. The van der Waals surface area contributed by atoms with Crippen LogP contribution in [0.3, 0.4) is 0 Å². The monoisotopic (exact) mass is 274 g/mol. The molecule has 2 nitrogen and oxygen atoms in total. The van der Waals surface area contributed by atoms with Crippen molar-refractivity contribution in [3.05, 3.63) is 50.9 Å². The van der Waals surface area contributed by atoms with Gasteiger partial charge < -0.3 is 9.55 Å². The van der Waals surface area contributed by atoms with E-state index >= 15 is 0 Å². The van der Waals surface area contributed by atoms with Gasteiger partial charge >= 0.3 is 0 Å². The SMILES string of the molecule is Cc1ccc2[nH]c(=S)n(CCc3cccs3)c2c1. The standard InChI is InChI=1S/C14H14N2S2/c1-10-4-5-12-13(9-10)16(14(17)15-12)7-6-11-3-2-8-18-11/h2-5,8-9H,6-7H2,1H3,(H,15,17). The number of imidazole rings is 1. The van der Waals surface area contributed by atoms with E-state index < -0.39 is 0 Å². The smallest absolute Gasteiger partial charge is 0.178 e. The van der Waals surface area contributed by atoms with Crippen molar-refractivity contribution >= 4 is 34.6 Å². The zero-order valence-electron chi connectivity index (χ0n) is 10.1.